The molecule has 0 heterocycles. The van der Waals surface area contributed by atoms with Gasteiger partial charge in [0.05, 0.1) is 4.92 Å². The van der Waals surface area contributed by atoms with E-state index in [9.17, 15) is 10.1 Å². The minimum atomic E-state index is -0.315. The fourth-order valence-electron chi connectivity index (χ4n) is 2.57. The molecule has 0 spiro atoms. The van der Waals surface area contributed by atoms with Crippen LogP contribution in [0.25, 0.3) is 0 Å². The zero-order valence-electron chi connectivity index (χ0n) is 11.1. The molecule has 1 aliphatic carbocycles. The molecule has 0 aromatic heterocycles. The molecular weight excluding hydrogens is 308 g/mol. The molecule has 2 rings (SSSR count). The van der Waals surface area contributed by atoms with Gasteiger partial charge in [0.1, 0.15) is 0 Å². The fourth-order valence-corrected chi connectivity index (χ4v) is 2.92. The third kappa shape index (κ3) is 4.01. The molecule has 1 fully saturated rings. The lowest BCUT2D eigenvalue weighted by molar-refractivity contribution is -0.385. The smallest absolute Gasteiger partial charge is 0.275 e. The van der Waals surface area contributed by atoms with Gasteiger partial charge in [0.15, 0.2) is 0 Å². The van der Waals surface area contributed by atoms with Gasteiger partial charge in [-0.1, -0.05) is 22.9 Å². The molecule has 0 atom stereocenters. The molecule has 1 aliphatic rings. The predicted molar refractivity (Wildman–Crippen MR) is 79.1 cm³/mol. The summed E-state index contributed by atoms with van der Waals surface area (Å²) >= 11 is 3.27. The summed E-state index contributed by atoms with van der Waals surface area (Å²) in [5, 5.41) is 14.5. The van der Waals surface area contributed by atoms with E-state index in [0.29, 0.717) is 12.6 Å². The number of hydrogen-bond acceptors (Lipinski definition) is 3. The highest BCUT2D eigenvalue weighted by molar-refractivity contribution is 9.10. The first kappa shape index (κ1) is 14.5. The molecule has 0 bridgehead atoms. The molecule has 4 nitrogen and oxygen atoms in total. The van der Waals surface area contributed by atoms with Crippen LogP contribution in [0.4, 0.5) is 5.69 Å². The van der Waals surface area contributed by atoms with E-state index in [1.165, 1.54) is 25.7 Å². The zero-order valence-corrected chi connectivity index (χ0v) is 12.6. The van der Waals surface area contributed by atoms with Gasteiger partial charge in [-0.05, 0) is 43.7 Å². The van der Waals surface area contributed by atoms with Gasteiger partial charge >= 0.3 is 0 Å². The fraction of sp³-hybridized carbons (Fsp3) is 0.571. The average Bonchev–Trinajstić information content (AvgIpc) is 2.39. The lowest BCUT2D eigenvalue weighted by atomic mass is 9.87. The van der Waals surface area contributed by atoms with E-state index < -0.39 is 0 Å². The lowest BCUT2D eigenvalue weighted by Gasteiger charge is -2.27. The molecule has 1 aromatic rings. The predicted octanol–water partition coefficient (Wildman–Crippen LogP) is 4.03. The molecule has 5 heteroatoms. The first-order valence-electron chi connectivity index (χ1n) is 6.72. The van der Waals surface area contributed by atoms with E-state index in [1.807, 2.05) is 12.1 Å². The molecule has 0 unspecified atom stereocenters. The lowest BCUT2D eigenvalue weighted by Crippen LogP contribution is -2.32. The first-order valence-corrected chi connectivity index (χ1v) is 7.51. The topological polar surface area (TPSA) is 55.2 Å². The Morgan fingerprint density at radius 1 is 1.37 bits per heavy atom. The Balaban J connectivity index is 1.97. The largest absolute Gasteiger partial charge is 0.310 e. The van der Waals surface area contributed by atoms with Crippen LogP contribution >= 0.6 is 15.9 Å². The van der Waals surface area contributed by atoms with Crippen molar-refractivity contribution >= 4 is 21.6 Å². The number of hydrogen-bond donors (Lipinski definition) is 1. The van der Waals surface area contributed by atoms with E-state index in [2.05, 4.69) is 28.2 Å². The van der Waals surface area contributed by atoms with Crippen LogP contribution in [0.3, 0.4) is 0 Å². The third-order valence-corrected chi connectivity index (χ3v) is 4.33. The van der Waals surface area contributed by atoms with Crippen molar-refractivity contribution in [3.63, 3.8) is 0 Å². The molecule has 0 amide bonds. The van der Waals surface area contributed by atoms with Crippen LogP contribution in [0.5, 0.6) is 0 Å². The molecule has 0 radical (unpaired) electrons. The molecular formula is C14H19BrN2O2. The molecule has 104 valence electrons. The summed E-state index contributed by atoms with van der Waals surface area (Å²) < 4.78 is 0.745. The Morgan fingerprint density at radius 2 is 2.05 bits per heavy atom. The van der Waals surface area contributed by atoms with Crippen molar-refractivity contribution in [1.82, 2.24) is 5.32 Å². The Labute approximate surface area is 121 Å². The van der Waals surface area contributed by atoms with Gasteiger partial charge < -0.3 is 5.32 Å². The SMILES string of the molecule is CC1CCC(NCc2ccc(Br)cc2[N+](=O)[O-])CC1. The number of nitro benzene ring substituents is 1. The van der Waals surface area contributed by atoms with Gasteiger partial charge in [-0.15, -0.1) is 0 Å². The van der Waals surface area contributed by atoms with Crippen molar-refractivity contribution in [2.45, 2.75) is 45.2 Å². The normalized spacial score (nSPS) is 23.3. The maximum absolute atomic E-state index is 11.0. The Kier molecular flexibility index (Phi) is 4.93. The number of nitro groups is 1. The second-order valence-electron chi connectivity index (χ2n) is 5.37. The maximum Gasteiger partial charge on any atom is 0.275 e. The van der Waals surface area contributed by atoms with Crippen molar-refractivity contribution in [3.8, 4) is 0 Å². The Hall–Kier alpha value is -0.940. The van der Waals surface area contributed by atoms with Gasteiger partial charge in [0.25, 0.3) is 5.69 Å². The Morgan fingerprint density at radius 3 is 2.68 bits per heavy atom. The number of halogens is 1. The van der Waals surface area contributed by atoms with Crippen molar-refractivity contribution in [2.75, 3.05) is 0 Å². The van der Waals surface area contributed by atoms with Gasteiger partial charge in [-0.2, -0.15) is 0 Å². The van der Waals surface area contributed by atoms with E-state index >= 15 is 0 Å². The maximum atomic E-state index is 11.0. The van der Waals surface area contributed by atoms with Crippen LogP contribution in [0, 0.1) is 16.0 Å². The highest BCUT2D eigenvalue weighted by Crippen LogP contribution is 2.26. The van der Waals surface area contributed by atoms with Gasteiger partial charge in [0, 0.05) is 28.7 Å². The van der Waals surface area contributed by atoms with E-state index in [-0.39, 0.29) is 10.6 Å². The van der Waals surface area contributed by atoms with Gasteiger partial charge in [-0.25, -0.2) is 0 Å². The number of rotatable bonds is 4. The Bertz CT molecular complexity index is 457. The van der Waals surface area contributed by atoms with Crippen molar-refractivity contribution in [3.05, 3.63) is 38.3 Å². The average molecular weight is 327 g/mol. The van der Waals surface area contributed by atoms with Crippen LogP contribution in [-0.4, -0.2) is 11.0 Å². The minimum absolute atomic E-state index is 0.186. The molecule has 0 aliphatic heterocycles. The van der Waals surface area contributed by atoms with Gasteiger partial charge in [0.2, 0.25) is 0 Å². The molecule has 19 heavy (non-hydrogen) atoms. The second-order valence-corrected chi connectivity index (χ2v) is 6.28. The summed E-state index contributed by atoms with van der Waals surface area (Å²) in [7, 11) is 0. The second kappa shape index (κ2) is 6.48. The summed E-state index contributed by atoms with van der Waals surface area (Å²) in [6.45, 7) is 2.86. The summed E-state index contributed by atoms with van der Waals surface area (Å²) in [5.74, 6) is 0.820. The summed E-state index contributed by atoms with van der Waals surface area (Å²) in [4.78, 5) is 10.7. The van der Waals surface area contributed by atoms with Crippen LogP contribution in [0.2, 0.25) is 0 Å². The first-order chi connectivity index (χ1) is 9.06. The van der Waals surface area contributed by atoms with Crippen molar-refractivity contribution in [2.24, 2.45) is 5.92 Å². The summed E-state index contributed by atoms with van der Waals surface area (Å²) in [6, 6.07) is 5.74. The highest BCUT2D eigenvalue weighted by Gasteiger charge is 2.19. The number of nitrogens with zero attached hydrogens (tertiary/aromatic N) is 1. The minimum Gasteiger partial charge on any atom is -0.310 e. The monoisotopic (exact) mass is 326 g/mol. The standard InChI is InChI=1S/C14H19BrN2O2/c1-10-2-6-13(7-3-10)16-9-11-4-5-12(15)8-14(11)17(18)19/h4-5,8,10,13,16H,2-3,6-7,9H2,1H3. The number of nitrogens with one attached hydrogen (secondary N) is 1. The molecule has 1 aromatic carbocycles. The van der Waals surface area contributed by atoms with Crippen LogP contribution in [0.15, 0.2) is 22.7 Å². The van der Waals surface area contributed by atoms with E-state index in [0.717, 1.165) is 16.0 Å². The molecule has 1 N–H and O–H groups in total. The summed E-state index contributed by atoms with van der Waals surface area (Å²) in [6.07, 6.45) is 4.84. The molecule has 1 saturated carbocycles. The quantitative estimate of drug-likeness (QED) is 0.671. The number of benzene rings is 1. The van der Waals surface area contributed by atoms with Crippen molar-refractivity contribution < 1.29 is 4.92 Å². The van der Waals surface area contributed by atoms with Crippen LogP contribution in [0.1, 0.15) is 38.2 Å². The van der Waals surface area contributed by atoms with Gasteiger partial charge in [-0.3, -0.25) is 10.1 Å². The highest BCUT2D eigenvalue weighted by atomic mass is 79.9. The van der Waals surface area contributed by atoms with Crippen molar-refractivity contribution in [1.29, 1.82) is 0 Å². The molecule has 0 saturated heterocycles. The van der Waals surface area contributed by atoms with E-state index in [4.69, 9.17) is 0 Å². The summed E-state index contributed by atoms with van der Waals surface area (Å²) in [5.41, 5.74) is 0.942. The van der Waals surface area contributed by atoms with Crippen LogP contribution < -0.4 is 5.32 Å². The van der Waals surface area contributed by atoms with Crippen LogP contribution in [-0.2, 0) is 6.54 Å². The van der Waals surface area contributed by atoms with E-state index in [1.54, 1.807) is 6.07 Å². The zero-order chi connectivity index (χ0) is 13.8. The third-order valence-electron chi connectivity index (χ3n) is 3.84.